The van der Waals surface area contributed by atoms with Crippen LogP contribution in [0.4, 0.5) is 0 Å². The second kappa shape index (κ2) is 13.0. The quantitative estimate of drug-likeness (QED) is 0.200. The SMILES string of the molecule is CC(C)c1cc(-c2ccncc2)cc(C(C)C)c1-n1cc[n+](-c2c(C(C)C)cc(-c3ccncc3)cc2C(C)C)c1.[Cl-]. The molecule has 0 amide bonds. The van der Waals surface area contributed by atoms with Gasteiger partial charge in [0.1, 0.15) is 23.8 Å². The molecule has 0 spiro atoms. The predicted molar refractivity (Wildman–Crippen MR) is 170 cm³/mol. The molecule has 42 heavy (non-hydrogen) atoms. The van der Waals surface area contributed by atoms with Crippen molar-refractivity contribution in [3.8, 4) is 33.6 Å². The molecule has 5 heteroatoms. The summed E-state index contributed by atoms with van der Waals surface area (Å²) in [6.45, 7) is 18.4. The van der Waals surface area contributed by atoms with Crippen molar-refractivity contribution in [1.82, 2.24) is 14.5 Å². The first kappa shape index (κ1) is 31.2. The third-order valence-electron chi connectivity index (χ3n) is 8.01. The highest BCUT2D eigenvalue weighted by Gasteiger charge is 2.26. The van der Waals surface area contributed by atoms with Gasteiger partial charge in [-0.3, -0.25) is 9.97 Å². The van der Waals surface area contributed by atoms with Gasteiger partial charge in [0.2, 0.25) is 0 Å². The van der Waals surface area contributed by atoms with Crippen LogP contribution in [0.1, 0.15) is 101 Å². The number of hydrogen-bond acceptors (Lipinski definition) is 2. The van der Waals surface area contributed by atoms with E-state index in [1.807, 2.05) is 24.8 Å². The fourth-order valence-corrected chi connectivity index (χ4v) is 5.76. The fourth-order valence-electron chi connectivity index (χ4n) is 5.76. The van der Waals surface area contributed by atoms with Crippen molar-refractivity contribution in [1.29, 1.82) is 0 Å². The van der Waals surface area contributed by atoms with Crippen LogP contribution >= 0.6 is 0 Å². The summed E-state index contributed by atoms with van der Waals surface area (Å²) in [5, 5.41) is 0. The third kappa shape index (κ3) is 6.19. The summed E-state index contributed by atoms with van der Waals surface area (Å²) in [5.74, 6) is 1.49. The maximum atomic E-state index is 4.23. The van der Waals surface area contributed by atoms with Crippen LogP contribution in [0.15, 0.2) is 92.0 Å². The molecule has 0 saturated carbocycles. The number of aromatic nitrogens is 4. The minimum absolute atomic E-state index is 0. The number of nitrogens with zero attached hydrogens (tertiary/aromatic N) is 4. The molecule has 5 rings (SSSR count). The standard InChI is InChI=1S/C37H43N4.ClH/c1-24(2)32-19-30(28-9-13-38-14-10-28)20-33(25(3)4)36(32)40-17-18-41(23-40)37-34(26(5)6)21-31(22-35(37)27(7)8)29-11-15-39-16-12-29;/h9-27H,1-8H3;1H/q+1;/p-1. The van der Waals surface area contributed by atoms with E-state index in [0.29, 0.717) is 23.7 Å². The van der Waals surface area contributed by atoms with E-state index in [-0.39, 0.29) is 12.4 Å². The van der Waals surface area contributed by atoms with Crippen molar-refractivity contribution in [3.05, 3.63) is 114 Å². The van der Waals surface area contributed by atoms with Gasteiger partial charge in [-0.1, -0.05) is 55.4 Å². The summed E-state index contributed by atoms with van der Waals surface area (Å²) in [6.07, 6.45) is 14.2. The van der Waals surface area contributed by atoms with Crippen molar-refractivity contribution in [2.45, 2.75) is 79.1 Å². The van der Waals surface area contributed by atoms with Crippen LogP contribution in [0, 0.1) is 0 Å². The fraction of sp³-hybridized carbons (Fsp3) is 0.324. The van der Waals surface area contributed by atoms with Crippen molar-refractivity contribution >= 4 is 0 Å². The lowest BCUT2D eigenvalue weighted by Gasteiger charge is -2.20. The number of benzene rings is 2. The molecule has 0 saturated heterocycles. The summed E-state index contributed by atoms with van der Waals surface area (Å²) >= 11 is 0. The van der Waals surface area contributed by atoms with Crippen LogP contribution in [0.5, 0.6) is 0 Å². The van der Waals surface area contributed by atoms with Gasteiger partial charge in [-0.25, -0.2) is 9.13 Å². The highest BCUT2D eigenvalue weighted by Crippen LogP contribution is 2.37. The summed E-state index contributed by atoms with van der Waals surface area (Å²) in [4.78, 5) is 8.47. The second-order valence-electron chi connectivity index (χ2n) is 12.3. The van der Waals surface area contributed by atoms with Crippen LogP contribution in [-0.4, -0.2) is 14.5 Å². The molecular formula is C37H43ClN4. The molecular weight excluding hydrogens is 536 g/mol. The van der Waals surface area contributed by atoms with Gasteiger partial charge in [0.25, 0.3) is 6.33 Å². The van der Waals surface area contributed by atoms with Crippen molar-refractivity contribution in [2.75, 3.05) is 0 Å². The van der Waals surface area contributed by atoms with Crippen molar-refractivity contribution in [2.24, 2.45) is 0 Å². The van der Waals surface area contributed by atoms with E-state index in [2.05, 4.69) is 142 Å². The van der Waals surface area contributed by atoms with Gasteiger partial charge >= 0.3 is 0 Å². The highest BCUT2D eigenvalue weighted by molar-refractivity contribution is 5.70. The molecule has 3 aromatic heterocycles. The van der Waals surface area contributed by atoms with Gasteiger partial charge in [-0.2, -0.15) is 0 Å². The minimum atomic E-state index is 0. The van der Waals surface area contributed by atoms with Crippen molar-refractivity contribution < 1.29 is 17.0 Å². The zero-order valence-electron chi connectivity index (χ0n) is 26.1. The molecule has 0 bridgehead atoms. The zero-order valence-corrected chi connectivity index (χ0v) is 26.9. The Labute approximate surface area is 257 Å². The normalized spacial score (nSPS) is 11.5. The molecule has 0 aliphatic carbocycles. The average Bonchev–Trinajstić information content (AvgIpc) is 3.46. The van der Waals surface area contributed by atoms with E-state index in [1.165, 1.54) is 55.9 Å². The molecule has 0 unspecified atom stereocenters. The van der Waals surface area contributed by atoms with Gasteiger partial charge in [-0.15, -0.1) is 0 Å². The first-order chi connectivity index (χ1) is 19.7. The maximum Gasteiger partial charge on any atom is 0.254 e. The van der Waals surface area contributed by atoms with Crippen LogP contribution < -0.4 is 17.0 Å². The lowest BCUT2D eigenvalue weighted by atomic mass is 9.88. The molecule has 0 radical (unpaired) electrons. The van der Waals surface area contributed by atoms with Gasteiger partial charge in [0.05, 0.1) is 0 Å². The van der Waals surface area contributed by atoms with Gasteiger partial charge in [0, 0.05) is 47.0 Å². The van der Waals surface area contributed by atoms with E-state index < -0.39 is 0 Å². The average molecular weight is 579 g/mol. The Morgan fingerprint density at radius 2 is 0.929 bits per heavy atom. The number of pyridine rings is 2. The van der Waals surface area contributed by atoms with Crippen LogP contribution in [0.3, 0.4) is 0 Å². The Balaban J connectivity index is 0.00000405. The van der Waals surface area contributed by atoms with Gasteiger partial charge in [-0.05, 0) is 94.5 Å². The van der Waals surface area contributed by atoms with E-state index in [9.17, 15) is 0 Å². The lowest BCUT2D eigenvalue weighted by Crippen LogP contribution is -3.00. The largest absolute Gasteiger partial charge is 1.00 e. The molecule has 0 N–H and O–H groups in total. The molecule has 0 fully saturated rings. The Kier molecular flexibility index (Phi) is 9.68. The first-order valence-corrected chi connectivity index (χ1v) is 14.9. The number of imidazole rings is 1. The van der Waals surface area contributed by atoms with E-state index in [1.54, 1.807) is 0 Å². The second-order valence-corrected chi connectivity index (χ2v) is 12.3. The summed E-state index contributed by atoms with van der Waals surface area (Å²) in [7, 11) is 0. The highest BCUT2D eigenvalue weighted by atomic mass is 35.5. The lowest BCUT2D eigenvalue weighted by molar-refractivity contribution is -0.596. The summed E-state index contributed by atoms with van der Waals surface area (Å²) < 4.78 is 4.68. The Morgan fingerprint density at radius 1 is 0.548 bits per heavy atom. The Hall–Kier alpha value is -3.76. The van der Waals surface area contributed by atoms with E-state index >= 15 is 0 Å². The Morgan fingerprint density at radius 3 is 1.31 bits per heavy atom. The molecule has 0 aliphatic rings. The van der Waals surface area contributed by atoms with Crippen molar-refractivity contribution in [3.63, 3.8) is 0 Å². The van der Waals surface area contributed by atoms with E-state index in [0.717, 1.165) is 0 Å². The molecule has 5 aromatic rings. The third-order valence-corrected chi connectivity index (χ3v) is 8.01. The summed E-state index contributed by atoms with van der Waals surface area (Å²) in [6, 6.07) is 17.9. The van der Waals surface area contributed by atoms with E-state index in [4.69, 9.17) is 0 Å². The molecule has 2 aromatic carbocycles. The maximum absolute atomic E-state index is 4.23. The molecule has 3 heterocycles. The zero-order chi connectivity index (χ0) is 29.3. The number of hydrogen-bond donors (Lipinski definition) is 0. The predicted octanol–water partition coefficient (Wildman–Crippen LogP) is 6.38. The van der Waals surface area contributed by atoms with Gasteiger partial charge in [0.15, 0.2) is 0 Å². The molecule has 0 aliphatic heterocycles. The minimum Gasteiger partial charge on any atom is -1.00 e. The summed E-state index contributed by atoms with van der Waals surface area (Å²) in [5.41, 5.74) is 12.9. The van der Waals surface area contributed by atoms with Crippen LogP contribution in [-0.2, 0) is 0 Å². The number of halogens is 1. The monoisotopic (exact) mass is 578 g/mol. The topological polar surface area (TPSA) is 34.6 Å². The number of rotatable bonds is 8. The molecule has 218 valence electrons. The molecule has 4 nitrogen and oxygen atoms in total. The Bertz CT molecular complexity index is 1450. The molecule has 0 atom stereocenters. The first-order valence-electron chi connectivity index (χ1n) is 14.9. The smallest absolute Gasteiger partial charge is 0.254 e. The van der Waals surface area contributed by atoms with Gasteiger partial charge < -0.3 is 12.4 Å². The van der Waals surface area contributed by atoms with Crippen LogP contribution in [0.2, 0.25) is 0 Å². The van der Waals surface area contributed by atoms with Crippen LogP contribution in [0.25, 0.3) is 33.6 Å².